The molecule has 0 saturated carbocycles. The van der Waals surface area contributed by atoms with Gasteiger partial charge in [-0.1, -0.05) is 13.3 Å². The van der Waals surface area contributed by atoms with Crippen LogP contribution < -0.4 is 5.32 Å². The first kappa shape index (κ1) is 12.0. The van der Waals surface area contributed by atoms with Crippen LogP contribution in [-0.4, -0.2) is 38.0 Å². The molecule has 0 radical (unpaired) electrons. The predicted octanol–water partition coefficient (Wildman–Crippen LogP) is 1.57. The van der Waals surface area contributed by atoms with Gasteiger partial charge in [0.05, 0.1) is 24.9 Å². The molecular weight excluding hydrogens is 178 g/mol. The Balaban J connectivity index is 2.10. The van der Waals surface area contributed by atoms with Crippen LogP contribution in [0.3, 0.4) is 0 Å². The molecule has 1 aliphatic heterocycles. The van der Waals surface area contributed by atoms with Crippen molar-refractivity contribution in [1.29, 1.82) is 0 Å². The van der Waals surface area contributed by atoms with Crippen molar-refractivity contribution in [1.82, 2.24) is 5.32 Å². The van der Waals surface area contributed by atoms with E-state index in [0.717, 1.165) is 26.1 Å². The summed E-state index contributed by atoms with van der Waals surface area (Å²) < 4.78 is 11.4. The van der Waals surface area contributed by atoms with Gasteiger partial charge in [-0.05, 0) is 20.3 Å². The molecule has 84 valence electrons. The van der Waals surface area contributed by atoms with E-state index in [1.807, 2.05) is 0 Å². The van der Waals surface area contributed by atoms with E-state index < -0.39 is 0 Å². The maximum Gasteiger partial charge on any atom is 0.0936 e. The third-order valence-corrected chi connectivity index (χ3v) is 2.49. The second-order valence-corrected chi connectivity index (χ2v) is 4.16. The molecule has 1 fully saturated rings. The molecule has 0 bridgehead atoms. The summed E-state index contributed by atoms with van der Waals surface area (Å²) in [7, 11) is 0. The van der Waals surface area contributed by atoms with Crippen molar-refractivity contribution in [2.75, 3.05) is 19.7 Å². The van der Waals surface area contributed by atoms with E-state index in [0.29, 0.717) is 12.2 Å². The van der Waals surface area contributed by atoms with E-state index in [9.17, 15) is 0 Å². The van der Waals surface area contributed by atoms with Gasteiger partial charge in [-0.15, -0.1) is 0 Å². The molecule has 0 amide bonds. The molecular formula is C11H23NO2. The summed E-state index contributed by atoms with van der Waals surface area (Å²) in [5.74, 6) is 0. The normalized spacial score (nSPS) is 30.2. The molecule has 3 atom stereocenters. The van der Waals surface area contributed by atoms with Crippen molar-refractivity contribution in [2.24, 2.45) is 0 Å². The molecule has 1 saturated heterocycles. The van der Waals surface area contributed by atoms with Crippen LogP contribution >= 0.6 is 0 Å². The lowest BCUT2D eigenvalue weighted by molar-refractivity contribution is -0.0828. The van der Waals surface area contributed by atoms with Crippen LogP contribution in [0.4, 0.5) is 0 Å². The highest BCUT2D eigenvalue weighted by Gasteiger charge is 2.19. The zero-order chi connectivity index (χ0) is 10.4. The van der Waals surface area contributed by atoms with Crippen LogP contribution in [0.25, 0.3) is 0 Å². The van der Waals surface area contributed by atoms with Gasteiger partial charge in [-0.3, -0.25) is 0 Å². The second kappa shape index (κ2) is 6.38. The third kappa shape index (κ3) is 4.40. The topological polar surface area (TPSA) is 30.5 Å². The van der Waals surface area contributed by atoms with Crippen LogP contribution in [0.2, 0.25) is 0 Å². The molecule has 3 nitrogen and oxygen atoms in total. The van der Waals surface area contributed by atoms with Gasteiger partial charge >= 0.3 is 0 Å². The van der Waals surface area contributed by atoms with E-state index in [4.69, 9.17) is 9.47 Å². The van der Waals surface area contributed by atoms with Crippen LogP contribution in [0.15, 0.2) is 0 Å². The van der Waals surface area contributed by atoms with Gasteiger partial charge in [0.1, 0.15) is 0 Å². The van der Waals surface area contributed by atoms with E-state index in [1.165, 1.54) is 6.42 Å². The standard InChI is InChI=1S/C11H23NO2/c1-4-5-9(2)13-8-11-7-12-6-10(3)14-11/h9-12H,4-8H2,1-3H3. The summed E-state index contributed by atoms with van der Waals surface area (Å²) in [5.41, 5.74) is 0. The summed E-state index contributed by atoms with van der Waals surface area (Å²) in [6.07, 6.45) is 3.23. The van der Waals surface area contributed by atoms with Crippen molar-refractivity contribution in [2.45, 2.75) is 51.9 Å². The minimum Gasteiger partial charge on any atom is -0.376 e. The third-order valence-electron chi connectivity index (χ3n) is 2.49. The average Bonchev–Trinajstić information content (AvgIpc) is 2.15. The molecule has 3 heteroatoms. The van der Waals surface area contributed by atoms with Gasteiger partial charge in [0.25, 0.3) is 0 Å². The average molecular weight is 201 g/mol. The molecule has 0 aromatic rings. The molecule has 0 aliphatic carbocycles. The number of hydrogen-bond acceptors (Lipinski definition) is 3. The second-order valence-electron chi connectivity index (χ2n) is 4.16. The van der Waals surface area contributed by atoms with Gasteiger partial charge in [0, 0.05) is 13.1 Å². The Morgan fingerprint density at radius 3 is 2.93 bits per heavy atom. The molecule has 1 aliphatic rings. The van der Waals surface area contributed by atoms with E-state index in [2.05, 4.69) is 26.1 Å². The van der Waals surface area contributed by atoms with Gasteiger partial charge < -0.3 is 14.8 Å². The molecule has 3 unspecified atom stereocenters. The van der Waals surface area contributed by atoms with Crippen LogP contribution in [0, 0.1) is 0 Å². The lowest BCUT2D eigenvalue weighted by Crippen LogP contribution is -2.45. The Kier molecular flexibility index (Phi) is 5.45. The largest absolute Gasteiger partial charge is 0.376 e. The first-order chi connectivity index (χ1) is 6.72. The van der Waals surface area contributed by atoms with Gasteiger partial charge in [-0.2, -0.15) is 0 Å². The Hall–Kier alpha value is -0.120. The highest BCUT2D eigenvalue weighted by molar-refractivity contribution is 4.71. The monoisotopic (exact) mass is 201 g/mol. The summed E-state index contributed by atoms with van der Waals surface area (Å²) in [4.78, 5) is 0. The Morgan fingerprint density at radius 1 is 1.50 bits per heavy atom. The highest BCUT2D eigenvalue weighted by atomic mass is 16.5. The summed E-state index contributed by atoms with van der Waals surface area (Å²) >= 11 is 0. The van der Waals surface area contributed by atoms with Crippen molar-refractivity contribution in [3.8, 4) is 0 Å². The van der Waals surface area contributed by atoms with Crippen LogP contribution in [0.5, 0.6) is 0 Å². The fraction of sp³-hybridized carbons (Fsp3) is 1.00. The fourth-order valence-electron chi connectivity index (χ4n) is 1.73. The number of hydrogen-bond donors (Lipinski definition) is 1. The summed E-state index contributed by atoms with van der Waals surface area (Å²) in [6, 6.07) is 0. The van der Waals surface area contributed by atoms with Crippen molar-refractivity contribution in [3.63, 3.8) is 0 Å². The zero-order valence-electron chi connectivity index (χ0n) is 9.58. The van der Waals surface area contributed by atoms with Crippen molar-refractivity contribution in [3.05, 3.63) is 0 Å². The summed E-state index contributed by atoms with van der Waals surface area (Å²) in [5, 5.41) is 3.34. The number of ether oxygens (including phenoxy) is 2. The fourth-order valence-corrected chi connectivity index (χ4v) is 1.73. The molecule has 0 aromatic carbocycles. The highest BCUT2D eigenvalue weighted by Crippen LogP contribution is 2.07. The molecule has 1 N–H and O–H groups in total. The Labute approximate surface area is 87.2 Å². The predicted molar refractivity (Wildman–Crippen MR) is 57.5 cm³/mol. The van der Waals surface area contributed by atoms with E-state index in [1.54, 1.807) is 0 Å². The van der Waals surface area contributed by atoms with Crippen molar-refractivity contribution < 1.29 is 9.47 Å². The molecule has 1 rings (SSSR count). The quantitative estimate of drug-likeness (QED) is 0.732. The molecule has 0 spiro atoms. The number of rotatable bonds is 5. The lowest BCUT2D eigenvalue weighted by atomic mass is 10.2. The smallest absolute Gasteiger partial charge is 0.0936 e. The maximum absolute atomic E-state index is 5.73. The first-order valence-electron chi connectivity index (χ1n) is 5.70. The minimum atomic E-state index is 0.234. The Bertz CT molecular complexity index is 152. The number of morpholine rings is 1. The Morgan fingerprint density at radius 2 is 2.29 bits per heavy atom. The maximum atomic E-state index is 5.73. The van der Waals surface area contributed by atoms with Crippen LogP contribution in [0.1, 0.15) is 33.6 Å². The number of nitrogens with one attached hydrogen (secondary N) is 1. The molecule has 0 aromatic heterocycles. The molecule has 14 heavy (non-hydrogen) atoms. The van der Waals surface area contributed by atoms with Gasteiger partial charge in [-0.25, -0.2) is 0 Å². The van der Waals surface area contributed by atoms with Gasteiger partial charge in [0.15, 0.2) is 0 Å². The SMILES string of the molecule is CCCC(C)OCC1CNCC(C)O1. The first-order valence-corrected chi connectivity index (χ1v) is 5.70. The lowest BCUT2D eigenvalue weighted by Gasteiger charge is -2.29. The molecule has 1 heterocycles. The van der Waals surface area contributed by atoms with Gasteiger partial charge in [0.2, 0.25) is 0 Å². The summed E-state index contributed by atoms with van der Waals surface area (Å²) in [6.45, 7) is 9.00. The van der Waals surface area contributed by atoms with E-state index >= 15 is 0 Å². The van der Waals surface area contributed by atoms with Crippen molar-refractivity contribution >= 4 is 0 Å². The van der Waals surface area contributed by atoms with Crippen LogP contribution in [-0.2, 0) is 9.47 Å². The van der Waals surface area contributed by atoms with E-state index in [-0.39, 0.29) is 6.10 Å². The minimum absolute atomic E-state index is 0.234. The zero-order valence-corrected chi connectivity index (χ0v) is 9.58.